The summed E-state index contributed by atoms with van der Waals surface area (Å²) < 4.78 is 8.06. The second-order valence-corrected chi connectivity index (χ2v) is 0. The maximum Gasteiger partial charge on any atom is 5.00 e. The maximum absolute atomic E-state index is 8.06. The van der Waals surface area contributed by atoms with E-state index in [4.69, 9.17) is 4.46 Å². The van der Waals surface area contributed by atoms with Crippen molar-refractivity contribution >= 4 is 10.1 Å². The summed E-state index contributed by atoms with van der Waals surface area (Å²) in [5, 5.41) is 0. The van der Waals surface area contributed by atoms with Gasteiger partial charge in [0.05, 0.1) is 0 Å². The van der Waals surface area contributed by atoms with Gasteiger partial charge in [-0.05, 0) is 0 Å². The van der Waals surface area contributed by atoms with Crippen LogP contribution < -0.4 is 0 Å². The normalized spacial score (nSPS) is 1.20. The molecule has 0 aromatic carbocycles. The Hall–Kier alpha value is 1.59. The van der Waals surface area contributed by atoms with Crippen molar-refractivity contribution in [2.45, 2.75) is 0 Å². The van der Waals surface area contributed by atoms with Crippen LogP contribution in [0.15, 0.2) is 0 Å². The fourth-order valence-corrected chi connectivity index (χ4v) is 0. The Morgan fingerprint density at radius 1 is 1.20 bits per heavy atom. The summed E-state index contributed by atoms with van der Waals surface area (Å²) in [6.07, 6.45) is 0. The number of hydrogen-bond donors (Lipinski definition) is 0. The fraction of sp³-hybridized carbons (Fsp3) is 0. The summed E-state index contributed by atoms with van der Waals surface area (Å²) in [6.45, 7) is 0. The topological polar surface area (TPSA) is 45.6 Å². The van der Waals surface area contributed by atoms with Gasteiger partial charge >= 0.3 is 62.8 Å². The Labute approximate surface area is 67.8 Å². The van der Waals surface area contributed by atoms with Gasteiger partial charge in [-0.2, -0.15) is 0 Å². The smallest absolute Gasteiger partial charge is 2.00 e. The van der Waals surface area contributed by atoms with E-state index < -0.39 is 0 Å². The summed E-state index contributed by atoms with van der Waals surface area (Å²) in [4.78, 5) is 0. The predicted octanol–water partition coefficient (Wildman–Crippen LogP) is -0.623. The van der Waals surface area contributed by atoms with Gasteiger partial charge in [0, 0.05) is 0 Å². The molecule has 2 nitrogen and oxygen atoms in total. The summed E-state index contributed by atoms with van der Waals surface area (Å²) in [5.74, 6) is 0. The van der Waals surface area contributed by atoms with E-state index in [1.807, 2.05) is 0 Å². The van der Waals surface area contributed by atoms with Crippen LogP contribution in [0, 0.1) is 0 Å². The average Bonchev–Trinajstić information content (AvgIpc) is 1.00. The summed E-state index contributed by atoms with van der Waals surface area (Å²) in [5.41, 5.74) is 0. The van der Waals surface area contributed by atoms with E-state index >= 15 is 0 Å². The first-order valence-corrected chi connectivity index (χ1v) is 0.612. The van der Waals surface area contributed by atoms with Crippen LogP contribution in [0.2, 0.25) is 0 Å². The van der Waals surface area contributed by atoms with Crippen LogP contribution in [0.5, 0.6) is 0 Å². The van der Waals surface area contributed by atoms with E-state index in [2.05, 4.69) is 0 Å². The minimum Gasteiger partial charge on any atom is -2.00 e. The molecule has 0 heterocycles. The average molecular weight is 420 g/mol. The molecule has 0 saturated heterocycles. The monoisotopic (exact) mass is 421 g/mol. The van der Waals surface area contributed by atoms with Gasteiger partial charge in [-0.25, -0.2) is 0 Å². The Kier molecular flexibility index (Phi) is 287. The second-order valence-electron chi connectivity index (χ2n) is 0. The second kappa shape index (κ2) is 46.7. The minimum atomic E-state index is 0. The van der Waals surface area contributed by atoms with Crippen molar-refractivity contribution in [1.29, 1.82) is 0 Å². The molecule has 0 amide bonds. The Bertz CT molecular complexity index is 9.61. The molecule has 5 heavy (non-hydrogen) atoms. The van der Waals surface area contributed by atoms with E-state index in [-0.39, 0.29) is 53.7 Å². The van der Waals surface area contributed by atoms with E-state index in [1.165, 1.54) is 0 Å². The van der Waals surface area contributed by atoms with Gasteiger partial charge in [-0.3, -0.25) is 0 Å². The SMILES string of the molecule is O=[Si+2].[Hf+4].[O-2].[Ta+5]. The van der Waals surface area contributed by atoms with Gasteiger partial charge in [0.15, 0.2) is 0 Å². The van der Waals surface area contributed by atoms with Crippen LogP contribution >= 0.6 is 0 Å². The van der Waals surface area contributed by atoms with Crippen molar-refractivity contribution in [2.75, 3.05) is 0 Å². The third-order valence-corrected chi connectivity index (χ3v) is 0. The molecule has 0 fully saturated rings. The molecule has 0 bridgehead atoms. The van der Waals surface area contributed by atoms with Crippen molar-refractivity contribution in [1.82, 2.24) is 0 Å². The minimum absolute atomic E-state index is 0. The molecule has 0 aromatic heterocycles. The molecule has 0 aliphatic heterocycles. The quantitative estimate of drug-likeness (QED) is 0.483. The van der Waals surface area contributed by atoms with Gasteiger partial charge < -0.3 is 5.48 Å². The van der Waals surface area contributed by atoms with Gasteiger partial charge in [-0.15, -0.1) is 0 Å². The van der Waals surface area contributed by atoms with Crippen molar-refractivity contribution in [3.8, 4) is 0 Å². The first-order chi connectivity index (χ1) is 1.00. The van der Waals surface area contributed by atoms with Crippen LogP contribution in [-0.4, -0.2) is 10.1 Å². The van der Waals surface area contributed by atoms with Gasteiger partial charge in [0.25, 0.3) is 0 Å². The zero-order chi connectivity index (χ0) is 2.00. The zero-order valence-corrected chi connectivity index (χ0v) is 10.1. The van der Waals surface area contributed by atoms with Crippen LogP contribution in [0.3, 0.4) is 0 Å². The fourth-order valence-electron chi connectivity index (χ4n) is 0. The van der Waals surface area contributed by atoms with Crippen molar-refractivity contribution < 1.29 is 58.2 Å². The zero-order valence-electron chi connectivity index (χ0n) is 2.26. The molecule has 0 aliphatic rings. The third-order valence-electron chi connectivity index (χ3n) is 0. The van der Waals surface area contributed by atoms with E-state index in [9.17, 15) is 0 Å². The molecule has 0 N–H and O–H groups in total. The number of rotatable bonds is 0. The summed E-state index contributed by atoms with van der Waals surface area (Å²) in [6, 6.07) is 0. The van der Waals surface area contributed by atoms with Gasteiger partial charge in [0.1, 0.15) is 0 Å². The van der Waals surface area contributed by atoms with Crippen LogP contribution in [-0.2, 0) is 58.2 Å². The Morgan fingerprint density at radius 3 is 1.20 bits per heavy atom. The molecular formula is HfO2SiTa+9. The molecule has 0 radical (unpaired) electrons. The number of hydrogen-bond acceptors (Lipinski definition) is 1. The van der Waals surface area contributed by atoms with Crippen LogP contribution in [0.4, 0.5) is 0 Å². The molecular weight excluding hydrogens is 420 g/mol. The van der Waals surface area contributed by atoms with Crippen molar-refractivity contribution in [3.05, 3.63) is 0 Å². The van der Waals surface area contributed by atoms with Gasteiger partial charge in [-0.1, -0.05) is 0 Å². The summed E-state index contributed by atoms with van der Waals surface area (Å²) >= 11 is 0. The third kappa shape index (κ3) is 28.5. The molecule has 0 spiro atoms. The Morgan fingerprint density at radius 2 is 1.20 bits per heavy atom. The van der Waals surface area contributed by atoms with E-state index in [1.54, 1.807) is 10.1 Å². The van der Waals surface area contributed by atoms with Crippen molar-refractivity contribution in [3.63, 3.8) is 0 Å². The van der Waals surface area contributed by atoms with E-state index in [0.29, 0.717) is 0 Å². The van der Waals surface area contributed by atoms with Gasteiger partial charge in [0.2, 0.25) is 0 Å². The van der Waals surface area contributed by atoms with E-state index in [0.717, 1.165) is 0 Å². The molecule has 16 valence electrons. The molecule has 5 heteroatoms. The predicted molar refractivity (Wildman–Crippen MR) is 7.13 cm³/mol. The standard InChI is InChI=1S/Hf.OSi.O.Ta/c;1-2;;/q+4;+2;-2;+5. The summed E-state index contributed by atoms with van der Waals surface area (Å²) in [7, 11) is 1.72. The molecule has 0 atom stereocenters. The first-order valence-electron chi connectivity index (χ1n) is 0.204. The first kappa shape index (κ1) is 30.7. The van der Waals surface area contributed by atoms with Crippen LogP contribution in [0.25, 0.3) is 0 Å². The molecule has 0 aromatic rings. The molecule has 0 saturated carbocycles. The Balaban J connectivity index is -0.00000000167. The maximum atomic E-state index is 8.06. The van der Waals surface area contributed by atoms with Crippen molar-refractivity contribution in [2.24, 2.45) is 0 Å². The molecule has 0 aliphatic carbocycles. The molecule has 0 rings (SSSR count). The van der Waals surface area contributed by atoms with Crippen LogP contribution in [0.1, 0.15) is 0 Å². The largest absolute Gasteiger partial charge is 5.00 e. The molecule has 0 unspecified atom stereocenters.